The Balaban J connectivity index is 0.000000158. The Morgan fingerprint density at radius 3 is 2.31 bits per heavy atom. The summed E-state index contributed by atoms with van der Waals surface area (Å²) < 4.78 is 47.6. The van der Waals surface area contributed by atoms with E-state index in [1.165, 1.54) is 28.8 Å². The molecule has 0 bridgehead atoms. The molecule has 0 fully saturated rings. The normalized spacial score (nSPS) is 16.7. The van der Waals surface area contributed by atoms with Gasteiger partial charge in [-0.1, -0.05) is 39.9 Å². The van der Waals surface area contributed by atoms with E-state index in [4.69, 9.17) is 12.8 Å². The van der Waals surface area contributed by atoms with Crippen molar-refractivity contribution < 1.29 is 29.0 Å². The number of nitrogens with two attached hydrogens (primary N) is 2. The number of aliphatic hydroxyl groups excluding tert-OH is 1. The van der Waals surface area contributed by atoms with Crippen LogP contribution >= 0.6 is 22.6 Å². The fourth-order valence-electron chi connectivity index (χ4n) is 4.66. The summed E-state index contributed by atoms with van der Waals surface area (Å²) in [5.41, 5.74) is 15.4. The first-order valence-corrected chi connectivity index (χ1v) is 13.6. The highest BCUT2D eigenvalue weighted by Crippen LogP contribution is 2.38. The summed E-state index contributed by atoms with van der Waals surface area (Å²) in [4.78, 5) is 12.4. The Morgan fingerprint density at radius 2 is 1.69 bits per heavy atom. The molecule has 0 radical (unpaired) electrons. The molecule has 3 heterocycles. The lowest BCUT2D eigenvalue weighted by molar-refractivity contribution is 0.307. The minimum Gasteiger partial charge on any atom is -0.513 e. The number of hydrogen-bond donors (Lipinski definition) is 4. The van der Waals surface area contributed by atoms with Gasteiger partial charge in [-0.2, -0.15) is 0 Å². The lowest BCUT2D eigenvalue weighted by atomic mass is 9.83. The molecule has 2 unspecified atom stereocenters. The molecule has 42 heavy (non-hydrogen) atoms. The molecule has 3 aromatic heterocycles. The SMILES string of the molecule is Nc1nonc1-c1noc(=O)n1C1Cc2ccc(F)cc21.Nc1nonc1/C(=C/O)NC1Cc2ccc(F)cc21.[2H]CI. The van der Waals surface area contributed by atoms with E-state index in [2.05, 4.69) is 44.9 Å². The van der Waals surface area contributed by atoms with Crippen LogP contribution in [0, 0.1) is 11.6 Å². The molecular weight excluding hydrogens is 671 g/mol. The minimum absolute atomic E-state index is 0.00385. The summed E-state index contributed by atoms with van der Waals surface area (Å²) >= 11 is 1.96. The van der Waals surface area contributed by atoms with Crippen molar-refractivity contribution >= 4 is 39.9 Å². The number of rotatable bonds is 5. The summed E-state index contributed by atoms with van der Waals surface area (Å²) in [5.74, 6) is -1.15. The van der Waals surface area contributed by atoms with Crippen LogP contribution in [0.25, 0.3) is 17.2 Å². The molecule has 5 aromatic rings. The maximum absolute atomic E-state index is 13.4. The van der Waals surface area contributed by atoms with Crippen LogP contribution in [0.15, 0.2) is 61.2 Å². The van der Waals surface area contributed by atoms with Gasteiger partial charge in [0.1, 0.15) is 23.6 Å². The quantitative estimate of drug-likeness (QED) is 0.118. The van der Waals surface area contributed by atoms with E-state index in [1.54, 1.807) is 12.1 Å². The summed E-state index contributed by atoms with van der Waals surface area (Å²) in [6, 6.07) is 8.62. The third-order valence-electron chi connectivity index (χ3n) is 6.69. The number of fused-ring (bicyclic) bond motifs is 2. The first-order chi connectivity index (χ1) is 20.7. The van der Waals surface area contributed by atoms with Crippen molar-refractivity contribution in [3.05, 3.63) is 92.8 Å². The Kier molecular flexibility index (Phi) is 7.80. The van der Waals surface area contributed by atoms with Gasteiger partial charge in [-0.15, -0.1) is 0 Å². The first-order valence-electron chi connectivity index (χ1n) is 12.7. The van der Waals surface area contributed by atoms with Gasteiger partial charge in [-0.3, -0.25) is 4.52 Å². The van der Waals surface area contributed by atoms with Crippen molar-refractivity contribution in [1.82, 2.24) is 35.7 Å². The van der Waals surface area contributed by atoms with Crippen molar-refractivity contribution in [2.24, 2.45) is 0 Å². The Labute approximate surface area is 249 Å². The molecular formula is C25H22F2IN9O5. The van der Waals surface area contributed by atoms with Gasteiger partial charge < -0.3 is 21.9 Å². The molecule has 218 valence electrons. The van der Waals surface area contributed by atoms with E-state index in [9.17, 15) is 18.7 Å². The number of alkyl halides is 1. The van der Waals surface area contributed by atoms with Gasteiger partial charge >= 0.3 is 5.76 Å². The molecule has 2 aliphatic rings. The fraction of sp³-hybridized carbons (Fsp3) is 0.200. The number of anilines is 2. The predicted molar refractivity (Wildman–Crippen MR) is 152 cm³/mol. The number of nitrogen functional groups attached to an aromatic ring is 2. The zero-order valence-corrected chi connectivity index (χ0v) is 23.5. The molecule has 0 spiro atoms. The molecule has 7 rings (SSSR count). The highest BCUT2D eigenvalue weighted by Gasteiger charge is 2.34. The second kappa shape index (κ2) is 12.0. The van der Waals surface area contributed by atoms with Crippen molar-refractivity contribution in [3.63, 3.8) is 0 Å². The van der Waals surface area contributed by atoms with E-state index in [-0.39, 0.29) is 52.6 Å². The summed E-state index contributed by atoms with van der Waals surface area (Å²) in [6.07, 6.45) is 2.14. The monoisotopic (exact) mass is 694 g/mol. The number of aliphatic hydroxyl groups is 1. The molecule has 0 saturated heterocycles. The topological polar surface area (TPSA) is 210 Å². The first kappa shape index (κ1) is 27.4. The number of benzene rings is 2. The molecule has 14 nitrogen and oxygen atoms in total. The fourth-order valence-corrected chi connectivity index (χ4v) is 4.66. The third kappa shape index (κ3) is 5.29. The maximum atomic E-state index is 13.4. The van der Waals surface area contributed by atoms with Crippen LogP contribution in [-0.4, -0.2) is 40.4 Å². The molecule has 0 aliphatic heterocycles. The van der Waals surface area contributed by atoms with Crippen LogP contribution in [0.1, 0.15) is 41.4 Å². The largest absolute Gasteiger partial charge is 0.513 e. The highest BCUT2D eigenvalue weighted by molar-refractivity contribution is 14.1. The maximum Gasteiger partial charge on any atom is 0.442 e. The van der Waals surface area contributed by atoms with Crippen molar-refractivity contribution in [2.75, 3.05) is 16.4 Å². The third-order valence-corrected chi connectivity index (χ3v) is 6.69. The average molecular weight is 694 g/mol. The van der Waals surface area contributed by atoms with Gasteiger partial charge in [0.15, 0.2) is 23.0 Å². The highest BCUT2D eigenvalue weighted by atomic mass is 127. The van der Waals surface area contributed by atoms with Gasteiger partial charge in [0.25, 0.3) is 0 Å². The molecule has 2 aliphatic carbocycles. The smallest absolute Gasteiger partial charge is 0.442 e. The molecule has 6 N–H and O–H groups in total. The zero-order valence-electron chi connectivity index (χ0n) is 22.4. The van der Waals surface area contributed by atoms with Crippen LogP contribution in [0.5, 0.6) is 0 Å². The van der Waals surface area contributed by atoms with E-state index >= 15 is 0 Å². The molecule has 2 aromatic carbocycles. The van der Waals surface area contributed by atoms with Crippen molar-refractivity contribution in [2.45, 2.75) is 24.9 Å². The van der Waals surface area contributed by atoms with E-state index in [0.717, 1.165) is 29.4 Å². The van der Waals surface area contributed by atoms with Crippen molar-refractivity contribution in [3.8, 4) is 11.5 Å². The van der Waals surface area contributed by atoms with Crippen LogP contribution in [0.2, 0.25) is 0 Å². The molecule has 0 amide bonds. The van der Waals surface area contributed by atoms with E-state index < -0.39 is 5.76 Å². The number of aromatic nitrogens is 6. The second-order valence-corrected chi connectivity index (χ2v) is 8.99. The van der Waals surface area contributed by atoms with Crippen LogP contribution < -0.4 is 22.5 Å². The second-order valence-electron chi connectivity index (χ2n) is 8.99. The number of halogens is 3. The number of hydrogen-bond acceptors (Lipinski definition) is 13. The summed E-state index contributed by atoms with van der Waals surface area (Å²) in [6.45, 7) is 0. The number of nitrogens with one attached hydrogen (secondary N) is 1. The van der Waals surface area contributed by atoms with Crippen molar-refractivity contribution in [1.29, 1.82) is 0 Å². The van der Waals surface area contributed by atoms with Gasteiger partial charge in [0, 0.05) is 1.37 Å². The summed E-state index contributed by atoms with van der Waals surface area (Å²) in [7, 11) is 0. The van der Waals surface area contributed by atoms with E-state index in [1.807, 2.05) is 22.6 Å². The minimum atomic E-state index is -0.674. The lowest BCUT2D eigenvalue weighted by Crippen LogP contribution is -2.31. The Hall–Kier alpha value is -4.81. The van der Waals surface area contributed by atoms with E-state index in [0.29, 0.717) is 22.6 Å². The molecule has 2 atom stereocenters. The standard InChI is InChI=1S/C12H8FN5O3.C12H11FN4O2.CH3I/c13-6-2-1-5-3-8(7(5)4-6)18-11(17-20-12(18)19)9-10(14)16-21-15-9;13-7-2-1-6-3-9(8(6)4-7)15-10(5-18)11-12(14)17-19-16-11;1-2/h1-2,4,8H,3H2,(H2,14,16);1-2,4-5,9,15,18H,3H2,(H2,14,17);1H3/b;10-5-;/i;;1D. The van der Waals surface area contributed by atoms with Crippen LogP contribution in [0.4, 0.5) is 20.4 Å². The van der Waals surface area contributed by atoms with Crippen LogP contribution in [0.3, 0.4) is 0 Å². The molecule has 0 saturated carbocycles. The molecule has 17 heteroatoms. The Morgan fingerprint density at radius 1 is 1.05 bits per heavy atom. The van der Waals surface area contributed by atoms with Gasteiger partial charge in [-0.25, -0.2) is 27.4 Å². The lowest BCUT2D eigenvalue weighted by Gasteiger charge is -2.31. The summed E-state index contributed by atoms with van der Waals surface area (Å²) in [5, 5.41) is 30.0. The van der Waals surface area contributed by atoms with Gasteiger partial charge in [0.05, 0.1) is 12.1 Å². The van der Waals surface area contributed by atoms with Gasteiger partial charge in [0.2, 0.25) is 5.82 Å². The Bertz CT molecular complexity index is 1840. The van der Waals surface area contributed by atoms with Gasteiger partial charge in [-0.05, 0) is 84.9 Å². The number of nitrogens with zero attached hydrogens (tertiary/aromatic N) is 6. The zero-order chi connectivity index (χ0) is 30.7. The van der Waals surface area contributed by atoms with Crippen LogP contribution in [-0.2, 0) is 12.8 Å². The predicted octanol–water partition coefficient (Wildman–Crippen LogP) is 3.34. The average Bonchev–Trinajstić information content (AvgIpc) is 3.69.